The average molecular weight is 472 g/mol. The number of pyridine rings is 1. The highest BCUT2D eigenvalue weighted by molar-refractivity contribution is 14.0. The third kappa shape index (κ3) is 5.56. The van der Waals surface area contributed by atoms with Crippen LogP contribution >= 0.6 is 24.0 Å². The molecule has 1 aliphatic heterocycles. The van der Waals surface area contributed by atoms with Gasteiger partial charge in [0.05, 0.1) is 25.0 Å². The average Bonchev–Trinajstić information content (AvgIpc) is 3.17. The Bertz CT molecular complexity index is 686. The molecule has 0 unspecified atom stereocenters. The molecule has 1 saturated heterocycles. The highest BCUT2D eigenvalue weighted by atomic mass is 127. The number of nitrogens with one attached hydrogen (secondary N) is 1. The van der Waals surface area contributed by atoms with E-state index in [-0.39, 0.29) is 24.0 Å². The Morgan fingerprint density at radius 1 is 1.23 bits per heavy atom. The SMILES string of the molecule is CN=C(NCc1cccc(OC)n1)N1CCN(Cc2ccon2)CC1.I. The van der Waals surface area contributed by atoms with Gasteiger partial charge in [-0.3, -0.25) is 9.89 Å². The van der Waals surface area contributed by atoms with E-state index in [0.29, 0.717) is 12.4 Å². The summed E-state index contributed by atoms with van der Waals surface area (Å²) < 4.78 is 10.1. The summed E-state index contributed by atoms with van der Waals surface area (Å²) in [4.78, 5) is 13.4. The Balaban J connectivity index is 0.00000243. The van der Waals surface area contributed by atoms with Gasteiger partial charge < -0.3 is 19.5 Å². The zero-order valence-electron chi connectivity index (χ0n) is 15.1. The first-order valence-electron chi connectivity index (χ1n) is 8.35. The highest BCUT2D eigenvalue weighted by Gasteiger charge is 2.20. The molecule has 3 rings (SSSR count). The molecular formula is C17H25IN6O2. The van der Waals surface area contributed by atoms with Crippen LogP contribution in [0.15, 0.2) is 40.0 Å². The number of hydrogen-bond donors (Lipinski definition) is 1. The molecule has 1 aliphatic rings. The van der Waals surface area contributed by atoms with Crippen molar-refractivity contribution >= 4 is 29.9 Å². The standard InChI is InChI=1S/C17H24N6O2.HI/c1-18-17(19-12-14-4-3-5-16(20-14)24-2)23-9-7-22(8-10-23)13-15-6-11-25-21-15;/h3-6,11H,7-10,12-13H2,1-2H3,(H,18,19);1H. The second-order valence-electron chi connectivity index (χ2n) is 5.83. The van der Waals surface area contributed by atoms with Crippen LogP contribution in [0, 0.1) is 0 Å². The molecule has 26 heavy (non-hydrogen) atoms. The van der Waals surface area contributed by atoms with E-state index in [9.17, 15) is 0 Å². The third-order valence-electron chi connectivity index (χ3n) is 4.18. The number of hydrogen-bond acceptors (Lipinski definition) is 6. The normalized spacial score (nSPS) is 15.5. The van der Waals surface area contributed by atoms with Crippen molar-refractivity contribution in [2.24, 2.45) is 4.99 Å². The summed E-state index contributed by atoms with van der Waals surface area (Å²) in [5.41, 5.74) is 1.89. The topological polar surface area (TPSA) is 79.0 Å². The predicted molar refractivity (Wildman–Crippen MR) is 110 cm³/mol. The van der Waals surface area contributed by atoms with Crippen molar-refractivity contribution in [3.8, 4) is 5.88 Å². The maximum Gasteiger partial charge on any atom is 0.213 e. The molecule has 0 amide bonds. The maximum atomic E-state index is 5.16. The quantitative estimate of drug-likeness (QED) is 0.402. The molecule has 3 heterocycles. The molecule has 0 aromatic carbocycles. The van der Waals surface area contributed by atoms with E-state index in [0.717, 1.165) is 50.1 Å². The number of aromatic nitrogens is 2. The first kappa shape index (κ1) is 20.4. The monoisotopic (exact) mass is 472 g/mol. The Labute approximate surface area is 170 Å². The molecule has 0 aliphatic carbocycles. The molecule has 2 aromatic heterocycles. The molecule has 1 fully saturated rings. The summed E-state index contributed by atoms with van der Waals surface area (Å²) in [7, 11) is 3.43. The number of halogens is 1. The minimum Gasteiger partial charge on any atom is -0.481 e. The van der Waals surface area contributed by atoms with Crippen LogP contribution in [0.1, 0.15) is 11.4 Å². The smallest absolute Gasteiger partial charge is 0.213 e. The number of nitrogens with zero attached hydrogens (tertiary/aromatic N) is 5. The molecule has 0 bridgehead atoms. The van der Waals surface area contributed by atoms with Crippen molar-refractivity contribution in [1.29, 1.82) is 0 Å². The van der Waals surface area contributed by atoms with Gasteiger partial charge in [-0.15, -0.1) is 24.0 Å². The summed E-state index contributed by atoms with van der Waals surface area (Å²) in [5.74, 6) is 1.52. The molecule has 9 heteroatoms. The number of guanidine groups is 1. The van der Waals surface area contributed by atoms with E-state index < -0.39 is 0 Å². The molecule has 2 aromatic rings. The Morgan fingerprint density at radius 2 is 2.04 bits per heavy atom. The van der Waals surface area contributed by atoms with Crippen molar-refractivity contribution < 1.29 is 9.26 Å². The van der Waals surface area contributed by atoms with Crippen LogP contribution in [0.4, 0.5) is 0 Å². The molecule has 0 atom stereocenters. The van der Waals surface area contributed by atoms with Gasteiger partial charge in [0.25, 0.3) is 0 Å². The molecule has 0 spiro atoms. The summed E-state index contributed by atoms with van der Waals surface area (Å²) in [5, 5.41) is 7.35. The number of ether oxygens (including phenoxy) is 1. The molecule has 0 saturated carbocycles. The van der Waals surface area contributed by atoms with Crippen LogP contribution < -0.4 is 10.1 Å². The van der Waals surface area contributed by atoms with Gasteiger partial charge in [-0.1, -0.05) is 11.2 Å². The lowest BCUT2D eigenvalue weighted by Gasteiger charge is -2.36. The van der Waals surface area contributed by atoms with Crippen molar-refractivity contribution in [1.82, 2.24) is 25.3 Å². The second-order valence-corrected chi connectivity index (χ2v) is 5.83. The van der Waals surface area contributed by atoms with Gasteiger partial charge in [-0.05, 0) is 6.07 Å². The Morgan fingerprint density at radius 3 is 2.69 bits per heavy atom. The van der Waals surface area contributed by atoms with Gasteiger partial charge in [0.2, 0.25) is 5.88 Å². The van der Waals surface area contributed by atoms with Crippen LogP contribution in [0.3, 0.4) is 0 Å². The van der Waals surface area contributed by atoms with Crippen molar-refractivity contribution in [2.45, 2.75) is 13.1 Å². The first-order chi connectivity index (χ1) is 12.3. The van der Waals surface area contributed by atoms with Gasteiger partial charge >= 0.3 is 0 Å². The lowest BCUT2D eigenvalue weighted by atomic mass is 10.3. The summed E-state index contributed by atoms with van der Waals surface area (Å²) in [6.07, 6.45) is 1.62. The Kier molecular flexibility index (Phi) is 8.10. The van der Waals surface area contributed by atoms with E-state index in [4.69, 9.17) is 9.26 Å². The lowest BCUT2D eigenvalue weighted by Crippen LogP contribution is -2.52. The van der Waals surface area contributed by atoms with Crippen LogP contribution in [-0.4, -0.2) is 66.2 Å². The number of aliphatic imine (C=N–C) groups is 1. The maximum absolute atomic E-state index is 5.16. The van der Waals surface area contributed by atoms with Gasteiger partial charge in [0.15, 0.2) is 5.96 Å². The van der Waals surface area contributed by atoms with Gasteiger partial charge in [-0.2, -0.15) is 0 Å². The van der Waals surface area contributed by atoms with E-state index in [1.165, 1.54) is 0 Å². The highest BCUT2D eigenvalue weighted by Crippen LogP contribution is 2.09. The first-order valence-corrected chi connectivity index (χ1v) is 8.35. The summed E-state index contributed by atoms with van der Waals surface area (Å²) >= 11 is 0. The number of methoxy groups -OCH3 is 1. The molecule has 142 valence electrons. The van der Waals surface area contributed by atoms with Crippen LogP contribution in [0.2, 0.25) is 0 Å². The van der Waals surface area contributed by atoms with E-state index >= 15 is 0 Å². The lowest BCUT2D eigenvalue weighted by molar-refractivity contribution is 0.169. The van der Waals surface area contributed by atoms with Crippen molar-refractivity contribution in [3.63, 3.8) is 0 Å². The van der Waals surface area contributed by atoms with Gasteiger partial charge in [-0.25, -0.2) is 4.98 Å². The minimum atomic E-state index is 0. The van der Waals surface area contributed by atoms with E-state index in [2.05, 4.69) is 30.2 Å². The van der Waals surface area contributed by atoms with Gasteiger partial charge in [0, 0.05) is 51.9 Å². The predicted octanol–water partition coefficient (Wildman–Crippen LogP) is 1.59. The zero-order chi connectivity index (χ0) is 17.5. The summed E-state index contributed by atoms with van der Waals surface area (Å²) in [6, 6.07) is 7.66. The zero-order valence-corrected chi connectivity index (χ0v) is 17.4. The van der Waals surface area contributed by atoms with Crippen LogP contribution in [0.5, 0.6) is 5.88 Å². The van der Waals surface area contributed by atoms with Crippen LogP contribution in [-0.2, 0) is 13.1 Å². The fraction of sp³-hybridized carbons (Fsp3) is 0.471. The van der Waals surface area contributed by atoms with Crippen LogP contribution in [0.25, 0.3) is 0 Å². The number of rotatable bonds is 5. The molecule has 8 nitrogen and oxygen atoms in total. The van der Waals surface area contributed by atoms with Crippen molar-refractivity contribution in [3.05, 3.63) is 41.9 Å². The van der Waals surface area contributed by atoms with Gasteiger partial charge in [0.1, 0.15) is 6.26 Å². The fourth-order valence-electron chi connectivity index (χ4n) is 2.84. The third-order valence-corrected chi connectivity index (χ3v) is 4.18. The van der Waals surface area contributed by atoms with E-state index in [1.54, 1.807) is 13.4 Å². The molecule has 1 N–H and O–H groups in total. The summed E-state index contributed by atoms with van der Waals surface area (Å²) in [6.45, 7) is 5.20. The Hall–Kier alpha value is -1.88. The minimum absolute atomic E-state index is 0. The van der Waals surface area contributed by atoms with E-state index in [1.807, 2.05) is 31.3 Å². The fourth-order valence-corrected chi connectivity index (χ4v) is 2.84. The number of piperazine rings is 1. The largest absolute Gasteiger partial charge is 0.481 e. The second kappa shape index (κ2) is 10.3. The molecular weight excluding hydrogens is 447 g/mol. The van der Waals surface area contributed by atoms with Crippen molar-refractivity contribution in [2.75, 3.05) is 40.3 Å². The molecule has 0 radical (unpaired) electrons.